The predicted octanol–water partition coefficient (Wildman–Crippen LogP) is 4.15. The smallest absolute Gasteiger partial charge is 0.345 e. The molecule has 1 fully saturated rings. The van der Waals surface area contributed by atoms with Crippen molar-refractivity contribution in [3.05, 3.63) is 58.9 Å². The van der Waals surface area contributed by atoms with Crippen molar-refractivity contribution in [1.29, 1.82) is 0 Å². The normalized spacial score (nSPS) is 19.4. The summed E-state index contributed by atoms with van der Waals surface area (Å²) in [6, 6.07) is 9.26. The van der Waals surface area contributed by atoms with Crippen LogP contribution < -0.4 is 9.47 Å². The van der Waals surface area contributed by atoms with Gasteiger partial charge in [0.1, 0.15) is 17.3 Å². The first-order chi connectivity index (χ1) is 12.9. The number of carbonyl (C=O) groups is 2. The van der Waals surface area contributed by atoms with Gasteiger partial charge in [-0.3, -0.25) is 4.79 Å². The topological polar surface area (TPSA) is 72.8 Å². The van der Waals surface area contributed by atoms with E-state index in [2.05, 4.69) is 0 Å². The highest BCUT2D eigenvalue weighted by atomic mass is 35.5. The summed E-state index contributed by atoms with van der Waals surface area (Å²) in [5, 5.41) is 9.58. The number of hydrogen-bond donors (Lipinski definition) is 1. The molecule has 1 aliphatic carbocycles. The minimum Gasteiger partial charge on any atom is -0.426 e. The first kappa shape index (κ1) is 19.3. The minimum absolute atomic E-state index is 0.0754. The summed E-state index contributed by atoms with van der Waals surface area (Å²) in [4.78, 5) is 24.4. The van der Waals surface area contributed by atoms with Crippen LogP contribution in [-0.2, 0) is 4.79 Å². The molecule has 7 heteroatoms. The van der Waals surface area contributed by atoms with Gasteiger partial charge in [-0.15, -0.1) is 0 Å². The molecule has 0 bridgehead atoms. The summed E-state index contributed by atoms with van der Waals surface area (Å²) >= 11 is 6.12. The lowest BCUT2D eigenvalue weighted by molar-refractivity contribution is -0.140. The third-order valence-electron chi connectivity index (χ3n) is 4.43. The number of esters is 2. The average molecular weight is 393 g/mol. The van der Waals surface area contributed by atoms with Crippen LogP contribution in [0.1, 0.15) is 36.0 Å². The predicted molar refractivity (Wildman–Crippen MR) is 96.4 cm³/mol. The summed E-state index contributed by atoms with van der Waals surface area (Å²) in [5.41, 5.74) is 0.0987. The van der Waals surface area contributed by atoms with E-state index in [1.807, 2.05) is 0 Å². The fourth-order valence-corrected chi connectivity index (χ4v) is 3.15. The van der Waals surface area contributed by atoms with Crippen molar-refractivity contribution in [3.63, 3.8) is 0 Å². The molecule has 1 saturated carbocycles. The minimum atomic E-state index is -0.703. The first-order valence-electron chi connectivity index (χ1n) is 8.59. The maximum atomic E-state index is 12.9. The zero-order valence-corrected chi connectivity index (χ0v) is 15.1. The Morgan fingerprint density at radius 1 is 0.963 bits per heavy atom. The second kappa shape index (κ2) is 8.50. The molecule has 0 amide bonds. The molecule has 0 heterocycles. The Bertz CT molecular complexity index is 829. The van der Waals surface area contributed by atoms with Crippen LogP contribution in [0.4, 0.5) is 4.39 Å². The van der Waals surface area contributed by atoms with Gasteiger partial charge in [-0.2, -0.15) is 0 Å². The van der Waals surface area contributed by atoms with E-state index in [1.165, 1.54) is 42.5 Å². The van der Waals surface area contributed by atoms with Crippen LogP contribution in [0.5, 0.6) is 11.5 Å². The summed E-state index contributed by atoms with van der Waals surface area (Å²) in [6.45, 7) is 0. The van der Waals surface area contributed by atoms with E-state index in [0.717, 1.165) is 0 Å². The van der Waals surface area contributed by atoms with Crippen molar-refractivity contribution in [3.8, 4) is 11.5 Å². The molecule has 2 aromatic rings. The molecular weight excluding hydrogens is 375 g/mol. The quantitative estimate of drug-likeness (QED) is 0.625. The van der Waals surface area contributed by atoms with Gasteiger partial charge in [0.2, 0.25) is 0 Å². The van der Waals surface area contributed by atoms with Gasteiger partial charge in [0.05, 0.1) is 22.6 Å². The van der Waals surface area contributed by atoms with Crippen molar-refractivity contribution in [2.45, 2.75) is 31.8 Å². The van der Waals surface area contributed by atoms with Crippen molar-refractivity contribution >= 4 is 23.5 Å². The monoisotopic (exact) mass is 392 g/mol. The van der Waals surface area contributed by atoms with Crippen molar-refractivity contribution < 1.29 is 28.6 Å². The Kier molecular flexibility index (Phi) is 6.08. The lowest BCUT2D eigenvalue weighted by Gasteiger charge is -2.23. The van der Waals surface area contributed by atoms with E-state index in [4.69, 9.17) is 21.1 Å². The molecule has 27 heavy (non-hydrogen) atoms. The second-order valence-electron chi connectivity index (χ2n) is 6.41. The Morgan fingerprint density at radius 3 is 2.22 bits per heavy atom. The van der Waals surface area contributed by atoms with Crippen LogP contribution >= 0.6 is 11.6 Å². The van der Waals surface area contributed by atoms with Gasteiger partial charge < -0.3 is 14.6 Å². The molecule has 0 unspecified atom stereocenters. The van der Waals surface area contributed by atoms with Gasteiger partial charge in [-0.25, -0.2) is 9.18 Å². The molecule has 2 aromatic carbocycles. The Hall–Kier alpha value is -2.44. The molecule has 0 saturated heterocycles. The van der Waals surface area contributed by atoms with Crippen LogP contribution in [0.2, 0.25) is 5.02 Å². The molecule has 5 nitrogen and oxygen atoms in total. The molecule has 1 aliphatic rings. The Balaban J connectivity index is 1.63. The Labute approximate surface area is 160 Å². The molecule has 3 rings (SSSR count). The molecule has 0 atom stereocenters. The molecule has 1 N–H and O–H groups in total. The van der Waals surface area contributed by atoms with Gasteiger partial charge >= 0.3 is 11.9 Å². The number of rotatable bonds is 4. The lowest BCUT2D eigenvalue weighted by Crippen LogP contribution is -2.27. The van der Waals surface area contributed by atoms with E-state index in [-0.39, 0.29) is 40.1 Å². The van der Waals surface area contributed by atoms with Crippen LogP contribution in [-0.4, -0.2) is 23.1 Å². The summed E-state index contributed by atoms with van der Waals surface area (Å²) in [6.07, 6.45) is 1.96. The highest BCUT2D eigenvalue weighted by Gasteiger charge is 2.27. The van der Waals surface area contributed by atoms with E-state index in [1.54, 1.807) is 0 Å². The maximum Gasteiger partial charge on any atom is 0.345 e. The summed E-state index contributed by atoms with van der Waals surface area (Å²) in [5.74, 6) is -1.35. The number of benzene rings is 2. The average Bonchev–Trinajstić information content (AvgIpc) is 2.64. The fraction of sp³-hybridized carbons (Fsp3) is 0.300. The zero-order valence-electron chi connectivity index (χ0n) is 14.4. The molecule has 0 spiro atoms. The summed E-state index contributed by atoms with van der Waals surface area (Å²) in [7, 11) is 0. The van der Waals surface area contributed by atoms with Crippen molar-refractivity contribution in [2.24, 2.45) is 5.92 Å². The number of halogens is 2. The van der Waals surface area contributed by atoms with Crippen LogP contribution in [0, 0.1) is 11.7 Å². The molecule has 142 valence electrons. The SMILES string of the molecule is O=C(Oc1ccc(F)cc1)c1ccc(OC(=O)C2CCC(O)CC2)cc1Cl. The third kappa shape index (κ3) is 5.05. The first-order valence-corrected chi connectivity index (χ1v) is 8.97. The fourth-order valence-electron chi connectivity index (χ4n) is 2.90. The number of ether oxygens (including phenoxy) is 2. The van der Waals surface area contributed by atoms with Crippen molar-refractivity contribution in [2.75, 3.05) is 0 Å². The maximum absolute atomic E-state index is 12.9. The van der Waals surface area contributed by atoms with E-state index in [9.17, 15) is 19.1 Å². The van der Waals surface area contributed by atoms with Crippen molar-refractivity contribution in [1.82, 2.24) is 0 Å². The van der Waals surface area contributed by atoms with Gasteiger partial charge in [0, 0.05) is 6.07 Å². The highest BCUT2D eigenvalue weighted by Crippen LogP contribution is 2.28. The highest BCUT2D eigenvalue weighted by molar-refractivity contribution is 6.33. The van der Waals surface area contributed by atoms with Gasteiger partial charge in [0.25, 0.3) is 0 Å². The Morgan fingerprint density at radius 2 is 1.59 bits per heavy atom. The van der Waals surface area contributed by atoms with E-state index < -0.39 is 11.8 Å². The van der Waals surface area contributed by atoms with Crippen LogP contribution in [0.25, 0.3) is 0 Å². The molecule has 0 radical (unpaired) electrons. The summed E-state index contributed by atoms with van der Waals surface area (Å²) < 4.78 is 23.4. The zero-order chi connectivity index (χ0) is 19.4. The molecule has 0 aliphatic heterocycles. The van der Waals surface area contributed by atoms with E-state index in [0.29, 0.717) is 25.7 Å². The number of hydrogen-bond acceptors (Lipinski definition) is 5. The van der Waals surface area contributed by atoms with E-state index >= 15 is 0 Å². The lowest BCUT2D eigenvalue weighted by atomic mass is 9.87. The molecule has 0 aromatic heterocycles. The number of carbonyl (C=O) groups excluding carboxylic acids is 2. The molecular formula is C20H18ClFO5. The van der Waals surface area contributed by atoms with Gasteiger partial charge in [-0.1, -0.05) is 11.6 Å². The third-order valence-corrected chi connectivity index (χ3v) is 4.75. The second-order valence-corrected chi connectivity index (χ2v) is 6.82. The number of aliphatic hydroxyl groups excluding tert-OH is 1. The van der Waals surface area contributed by atoms with Gasteiger partial charge in [0.15, 0.2) is 0 Å². The van der Waals surface area contributed by atoms with Crippen LogP contribution in [0.15, 0.2) is 42.5 Å². The largest absolute Gasteiger partial charge is 0.426 e. The number of aliphatic hydroxyl groups is 1. The van der Waals surface area contributed by atoms with Crippen LogP contribution in [0.3, 0.4) is 0 Å². The van der Waals surface area contributed by atoms with Gasteiger partial charge in [-0.05, 0) is 62.1 Å². The standard InChI is InChI=1S/C20H18ClFO5/c21-18-11-16(27-19(24)12-1-5-14(23)6-2-12)9-10-17(18)20(25)26-15-7-3-13(22)4-8-15/h3-4,7-12,14,23H,1-2,5-6H2.